The van der Waals surface area contributed by atoms with Crippen LogP contribution in [-0.2, 0) is 11.2 Å². The van der Waals surface area contributed by atoms with Gasteiger partial charge in [0.1, 0.15) is 5.82 Å². The van der Waals surface area contributed by atoms with Crippen molar-refractivity contribution in [3.05, 3.63) is 59.4 Å². The zero-order valence-corrected chi connectivity index (χ0v) is 13.2. The SMILES string of the molecule is CN1C(=O)COc2c(C(=O)NCCc3ccccc3F)cccc21. The van der Waals surface area contributed by atoms with Gasteiger partial charge in [-0.05, 0) is 30.2 Å². The number of ether oxygens (including phenoxy) is 1. The third-order valence-electron chi connectivity index (χ3n) is 3.95. The molecule has 0 spiro atoms. The zero-order chi connectivity index (χ0) is 17.1. The highest BCUT2D eigenvalue weighted by atomic mass is 19.1. The smallest absolute Gasteiger partial charge is 0.264 e. The Kier molecular flexibility index (Phi) is 4.46. The summed E-state index contributed by atoms with van der Waals surface area (Å²) in [6.45, 7) is 0.210. The van der Waals surface area contributed by atoms with Crippen LogP contribution in [0.25, 0.3) is 0 Å². The molecule has 1 heterocycles. The number of carbonyl (C=O) groups is 2. The van der Waals surface area contributed by atoms with Crippen LogP contribution in [0.5, 0.6) is 5.75 Å². The minimum atomic E-state index is -0.314. The molecule has 0 fully saturated rings. The van der Waals surface area contributed by atoms with Crippen molar-refractivity contribution in [1.82, 2.24) is 5.32 Å². The number of likely N-dealkylation sites (N-methyl/N-ethyl adjacent to an activating group) is 1. The third-order valence-corrected chi connectivity index (χ3v) is 3.95. The Morgan fingerprint density at radius 1 is 1.25 bits per heavy atom. The van der Waals surface area contributed by atoms with Crippen molar-refractivity contribution in [2.75, 3.05) is 25.1 Å². The molecule has 0 radical (unpaired) electrons. The summed E-state index contributed by atoms with van der Waals surface area (Å²) in [5.74, 6) is -0.374. The van der Waals surface area contributed by atoms with E-state index < -0.39 is 0 Å². The van der Waals surface area contributed by atoms with Crippen LogP contribution in [0.15, 0.2) is 42.5 Å². The summed E-state index contributed by atoms with van der Waals surface area (Å²) in [4.78, 5) is 25.5. The summed E-state index contributed by atoms with van der Waals surface area (Å²) in [7, 11) is 1.64. The van der Waals surface area contributed by atoms with Gasteiger partial charge in [0.05, 0.1) is 11.3 Å². The summed E-state index contributed by atoms with van der Waals surface area (Å²) in [6.07, 6.45) is 0.396. The second-order valence-electron chi connectivity index (χ2n) is 5.49. The molecule has 1 aliphatic heterocycles. The van der Waals surface area contributed by atoms with E-state index in [0.717, 1.165) is 0 Å². The van der Waals surface area contributed by atoms with Crippen molar-refractivity contribution in [3.63, 3.8) is 0 Å². The number of carbonyl (C=O) groups excluding carboxylic acids is 2. The molecule has 0 aromatic heterocycles. The van der Waals surface area contributed by atoms with Gasteiger partial charge in [-0.3, -0.25) is 9.59 Å². The van der Waals surface area contributed by atoms with Crippen LogP contribution >= 0.6 is 0 Å². The van der Waals surface area contributed by atoms with E-state index in [1.165, 1.54) is 11.0 Å². The highest BCUT2D eigenvalue weighted by Gasteiger charge is 2.26. The van der Waals surface area contributed by atoms with Crippen molar-refractivity contribution in [2.24, 2.45) is 0 Å². The standard InChI is InChI=1S/C18H17FN2O3/c1-21-15-8-4-6-13(17(15)24-11-16(21)22)18(23)20-10-9-12-5-2-3-7-14(12)19/h2-8H,9-11H2,1H3,(H,20,23). The zero-order valence-electron chi connectivity index (χ0n) is 13.2. The van der Waals surface area contributed by atoms with Crippen molar-refractivity contribution < 1.29 is 18.7 Å². The molecule has 0 bridgehead atoms. The summed E-state index contributed by atoms with van der Waals surface area (Å²) >= 11 is 0. The number of para-hydroxylation sites is 1. The van der Waals surface area contributed by atoms with Crippen molar-refractivity contribution >= 4 is 17.5 Å². The van der Waals surface area contributed by atoms with Crippen LogP contribution in [0.2, 0.25) is 0 Å². The lowest BCUT2D eigenvalue weighted by Gasteiger charge is -2.27. The van der Waals surface area contributed by atoms with E-state index in [1.54, 1.807) is 43.4 Å². The van der Waals surface area contributed by atoms with Crippen LogP contribution in [-0.4, -0.2) is 32.0 Å². The second-order valence-corrected chi connectivity index (χ2v) is 5.49. The quantitative estimate of drug-likeness (QED) is 0.936. The Morgan fingerprint density at radius 3 is 2.83 bits per heavy atom. The number of amides is 2. The fraction of sp³-hybridized carbons (Fsp3) is 0.222. The molecule has 0 saturated carbocycles. The lowest BCUT2D eigenvalue weighted by atomic mass is 10.1. The first kappa shape index (κ1) is 16.0. The molecule has 3 rings (SSSR count). The molecular weight excluding hydrogens is 311 g/mol. The van der Waals surface area contributed by atoms with E-state index in [9.17, 15) is 14.0 Å². The molecule has 6 heteroatoms. The van der Waals surface area contributed by atoms with Crippen molar-refractivity contribution in [2.45, 2.75) is 6.42 Å². The van der Waals surface area contributed by atoms with E-state index in [4.69, 9.17) is 4.74 Å². The number of hydrogen-bond acceptors (Lipinski definition) is 3. The number of fused-ring (bicyclic) bond motifs is 1. The van der Waals surface area contributed by atoms with Gasteiger partial charge in [0, 0.05) is 13.6 Å². The summed E-state index contributed by atoms with van der Waals surface area (Å²) in [5, 5.41) is 2.76. The number of hydrogen-bond donors (Lipinski definition) is 1. The fourth-order valence-electron chi connectivity index (χ4n) is 2.59. The predicted molar refractivity (Wildman–Crippen MR) is 87.8 cm³/mol. The van der Waals surface area contributed by atoms with E-state index in [0.29, 0.717) is 35.5 Å². The molecule has 1 aliphatic rings. The average Bonchev–Trinajstić information content (AvgIpc) is 2.59. The van der Waals surface area contributed by atoms with Gasteiger partial charge in [0.2, 0.25) is 0 Å². The highest BCUT2D eigenvalue weighted by molar-refractivity contribution is 6.03. The minimum Gasteiger partial charge on any atom is -0.481 e. The number of halogens is 1. The Labute approximate surface area is 139 Å². The normalized spacial score (nSPS) is 13.2. The largest absolute Gasteiger partial charge is 0.481 e. The van der Waals surface area contributed by atoms with Crippen molar-refractivity contribution in [1.29, 1.82) is 0 Å². The molecule has 2 aromatic carbocycles. The monoisotopic (exact) mass is 328 g/mol. The summed E-state index contributed by atoms with van der Waals surface area (Å²) in [6, 6.07) is 11.5. The molecule has 0 saturated heterocycles. The van der Waals surface area contributed by atoms with E-state index in [-0.39, 0.29) is 24.2 Å². The molecule has 1 N–H and O–H groups in total. The van der Waals surface area contributed by atoms with Gasteiger partial charge < -0.3 is 15.0 Å². The van der Waals surface area contributed by atoms with Crippen LogP contribution in [0.3, 0.4) is 0 Å². The molecular formula is C18H17FN2O3. The van der Waals surface area contributed by atoms with Gasteiger partial charge in [-0.15, -0.1) is 0 Å². The van der Waals surface area contributed by atoms with Gasteiger partial charge in [0.15, 0.2) is 12.4 Å². The molecule has 0 unspecified atom stereocenters. The molecule has 0 atom stereocenters. The third kappa shape index (κ3) is 3.08. The fourth-order valence-corrected chi connectivity index (χ4v) is 2.59. The topological polar surface area (TPSA) is 58.6 Å². The second kappa shape index (κ2) is 6.70. The molecule has 5 nitrogen and oxygen atoms in total. The Balaban J connectivity index is 1.70. The predicted octanol–water partition coefficient (Wildman–Crippen LogP) is 2.15. The van der Waals surface area contributed by atoms with E-state index in [1.807, 2.05) is 0 Å². The number of rotatable bonds is 4. The number of anilines is 1. The maximum atomic E-state index is 13.6. The van der Waals surface area contributed by atoms with Crippen LogP contribution < -0.4 is 15.0 Å². The number of nitrogens with zero attached hydrogens (tertiary/aromatic N) is 1. The Morgan fingerprint density at radius 2 is 2.04 bits per heavy atom. The minimum absolute atomic E-state index is 0.0942. The lowest BCUT2D eigenvalue weighted by molar-refractivity contribution is -0.121. The Bertz CT molecular complexity index is 792. The van der Waals surface area contributed by atoms with E-state index in [2.05, 4.69) is 5.32 Å². The first-order valence-electron chi connectivity index (χ1n) is 7.62. The highest BCUT2D eigenvalue weighted by Crippen LogP contribution is 2.34. The number of nitrogens with one attached hydrogen (secondary N) is 1. The van der Waals surface area contributed by atoms with Gasteiger partial charge >= 0.3 is 0 Å². The molecule has 2 amide bonds. The maximum absolute atomic E-state index is 13.6. The Hall–Kier alpha value is -2.89. The van der Waals surface area contributed by atoms with Gasteiger partial charge in [-0.1, -0.05) is 24.3 Å². The first-order chi connectivity index (χ1) is 11.6. The molecule has 24 heavy (non-hydrogen) atoms. The van der Waals surface area contributed by atoms with Gasteiger partial charge in [-0.25, -0.2) is 4.39 Å². The number of benzene rings is 2. The van der Waals surface area contributed by atoms with Gasteiger partial charge in [0.25, 0.3) is 11.8 Å². The molecule has 124 valence electrons. The van der Waals surface area contributed by atoms with Crippen LogP contribution in [0.1, 0.15) is 15.9 Å². The molecule has 2 aromatic rings. The molecule has 0 aliphatic carbocycles. The first-order valence-corrected chi connectivity index (χ1v) is 7.62. The summed E-state index contributed by atoms with van der Waals surface area (Å²) < 4.78 is 19.0. The summed E-state index contributed by atoms with van der Waals surface area (Å²) in [5.41, 5.74) is 1.47. The van der Waals surface area contributed by atoms with Crippen LogP contribution in [0.4, 0.5) is 10.1 Å². The van der Waals surface area contributed by atoms with Gasteiger partial charge in [-0.2, -0.15) is 0 Å². The van der Waals surface area contributed by atoms with Crippen LogP contribution in [0, 0.1) is 5.82 Å². The average molecular weight is 328 g/mol. The maximum Gasteiger partial charge on any atom is 0.264 e. The van der Waals surface area contributed by atoms with E-state index >= 15 is 0 Å². The lowest BCUT2D eigenvalue weighted by Crippen LogP contribution is -2.36. The van der Waals surface area contributed by atoms with Crippen molar-refractivity contribution in [3.8, 4) is 5.75 Å².